The minimum Gasteiger partial charge on any atom is -0.397 e. The van der Waals surface area contributed by atoms with Crippen LogP contribution in [0.1, 0.15) is 36.5 Å². The van der Waals surface area contributed by atoms with E-state index >= 15 is 0 Å². The van der Waals surface area contributed by atoms with Crippen LogP contribution in [0.5, 0.6) is 0 Å². The van der Waals surface area contributed by atoms with E-state index in [1.807, 2.05) is 13.0 Å². The fraction of sp³-hybridized carbons (Fsp3) is 0.533. The monoisotopic (exact) mass is 277 g/mol. The van der Waals surface area contributed by atoms with Crippen molar-refractivity contribution in [1.29, 1.82) is 0 Å². The average Bonchev–Trinajstić information content (AvgIpc) is 3.24. The Labute approximate surface area is 119 Å². The maximum absolute atomic E-state index is 11.9. The van der Waals surface area contributed by atoms with Crippen LogP contribution in [0, 0.1) is 0 Å². The maximum atomic E-state index is 11.9. The summed E-state index contributed by atoms with van der Waals surface area (Å²) in [5.74, 6) is -0.0397. The zero-order valence-corrected chi connectivity index (χ0v) is 11.9. The summed E-state index contributed by atoms with van der Waals surface area (Å²) < 4.78 is 5.27. The Morgan fingerprint density at radius 1 is 1.45 bits per heavy atom. The molecule has 0 atom stereocenters. The number of anilines is 2. The molecule has 2 rings (SSSR count). The van der Waals surface area contributed by atoms with Gasteiger partial charge < -0.3 is 21.1 Å². The molecule has 110 valence electrons. The van der Waals surface area contributed by atoms with Crippen molar-refractivity contribution in [1.82, 2.24) is 5.32 Å². The number of hydrogen-bond donors (Lipinski definition) is 3. The second kappa shape index (κ2) is 7.14. The van der Waals surface area contributed by atoms with Gasteiger partial charge in [0.25, 0.3) is 5.91 Å². The van der Waals surface area contributed by atoms with Crippen LogP contribution in [0.4, 0.5) is 11.4 Å². The molecular weight excluding hydrogens is 254 g/mol. The van der Waals surface area contributed by atoms with Crippen molar-refractivity contribution in [3.05, 3.63) is 23.8 Å². The van der Waals surface area contributed by atoms with Crippen LogP contribution in [0.25, 0.3) is 0 Å². The van der Waals surface area contributed by atoms with Gasteiger partial charge >= 0.3 is 0 Å². The number of hydrogen-bond acceptors (Lipinski definition) is 4. The molecule has 1 fully saturated rings. The van der Waals surface area contributed by atoms with E-state index in [9.17, 15) is 4.79 Å². The summed E-state index contributed by atoms with van der Waals surface area (Å²) >= 11 is 0. The molecular formula is C15H23N3O2. The maximum Gasteiger partial charge on any atom is 0.251 e. The highest BCUT2D eigenvalue weighted by atomic mass is 16.5. The molecule has 0 unspecified atom stereocenters. The van der Waals surface area contributed by atoms with Crippen LogP contribution in [-0.4, -0.2) is 31.7 Å². The second-order valence-corrected chi connectivity index (χ2v) is 5.03. The van der Waals surface area contributed by atoms with Crippen LogP contribution in [0.2, 0.25) is 0 Å². The molecule has 1 aliphatic carbocycles. The fourth-order valence-electron chi connectivity index (χ4n) is 1.90. The first-order valence-electron chi connectivity index (χ1n) is 7.22. The summed E-state index contributed by atoms with van der Waals surface area (Å²) in [5.41, 5.74) is 8.06. The lowest BCUT2D eigenvalue weighted by Crippen LogP contribution is -2.25. The summed E-state index contributed by atoms with van der Waals surface area (Å²) in [4.78, 5) is 11.9. The zero-order valence-electron chi connectivity index (χ0n) is 11.9. The Balaban J connectivity index is 1.83. The molecule has 1 aromatic rings. The van der Waals surface area contributed by atoms with Gasteiger partial charge in [0.2, 0.25) is 0 Å². The Morgan fingerprint density at radius 3 is 2.90 bits per heavy atom. The van der Waals surface area contributed by atoms with Crippen molar-refractivity contribution in [3.8, 4) is 0 Å². The molecule has 5 nitrogen and oxygen atoms in total. The third-order valence-electron chi connectivity index (χ3n) is 3.21. The largest absolute Gasteiger partial charge is 0.397 e. The van der Waals surface area contributed by atoms with Crippen LogP contribution >= 0.6 is 0 Å². The molecule has 0 radical (unpaired) electrons. The summed E-state index contributed by atoms with van der Waals surface area (Å²) in [6, 6.07) is 5.75. The predicted molar refractivity (Wildman–Crippen MR) is 80.9 cm³/mol. The van der Waals surface area contributed by atoms with E-state index in [2.05, 4.69) is 10.6 Å². The lowest BCUT2D eigenvalue weighted by Gasteiger charge is -2.11. The number of amides is 1. The highest BCUT2D eigenvalue weighted by molar-refractivity contribution is 5.96. The van der Waals surface area contributed by atoms with Gasteiger partial charge in [-0.2, -0.15) is 0 Å². The Hall–Kier alpha value is -1.75. The van der Waals surface area contributed by atoms with E-state index < -0.39 is 0 Å². The Bertz CT molecular complexity index is 458. The van der Waals surface area contributed by atoms with Crippen molar-refractivity contribution in [2.75, 3.05) is 30.8 Å². The Kier molecular flexibility index (Phi) is 5.24. The summed E-state index contributed by atoms with van der Waals surface area (Å²) in [7, 11) is 0. The third-order valence-corrected chi connectivity index (χ3v) is 3.21. The first-order chi connectivity index (χ1) is 9.70. The standard InChI is InChI=1S/C15H23N3O2/c1-2-20-9-3-8-17-14-7-4-11(10-13(14)16)15(19)18-12-5-6-12/h4,7,10,12,17H,2-3,5-6,8-9,16H2,1H3,(H,18,19). The highest BCUT2D eigenvalue weighted by Gasteiger charge is 2.23. The van der Waals surface area contributed by atoms with Crippen molar-refractivity contribution in [2.24, 2.45) is 0 Å². The van der Waals surface area contributed by atoms with Crippen molar-refractivity contribution >= 4 is 17.3 Å². The topological polar surface area (TPSA) is 76.4 Å². The van der Waals surface area contributed by atoms with E-state index in [0.717, 1.165) is 44.7 Å². The molecule has 1 saturated carbocycles. The molecule has 5 heteroatoms. The van der Waals surface area contributed by atoms with Crippen molar-refractivity contribution < 1.29 is 9.53 Å². The molecule has 4 N–H and O–H groups in total. The SMILES string of the molecule is CCOCCCNc1ccc(C(=O)NC2CC2)cc1N. The summed E-state index contributed by atoms with van der Waals surface area (Å²) in [6.07, 6.45) is 3.10. The smallest absolute Gasteiger partial charge is 0.251 e. The number of carbonyl (C=O) groups excluding carboxylic acids is 1. The third kappa shape index (κ3) is 4.42. The van der Waals surface area contributed by atoms with Gasteiger partial charge in [-0.05, 0) is 44.4 Å². The summed E-state index contributed by atoms with van der Waals surface area (Å²) in [6.45, 7) is 4.27. The highest BCUT2D eigenvalue weighted by Crippen LogP contribution is 2.22. The first-order valence-corrected chi connectivity index (χ1v) is 7.22. The normalized spacial score (nSPS) is 14.1. The number of nitrogens with two attached hydrogens (primary N) is 1. The number of ether oxygens (including phenoxy) is 1. The molecule has 0 aliphatic heterocycles. The van der Waals surface area contributed by atoms with Gasteiger partial charge in [0.1, 0.15) is 0 Å². The minimum absolute atomic E-state index is 0.0397. The lowest BCUT2D eigenvalue weighted by molar-refractivity contribution is 0.0951. The number of nitrogens with one attached hydrogen (secondary N) is 2. The molecule has 20 heavy (non-hydrogen) atoms. The Morgan fingerprint density at radius 2 is 2.25 bits per heavy atom. The van der Waals surface area contributed by atoms with Gasteiger partial charge in [-0.3, -0.25) is 4.79 Å². The lowest BCUT2D eigenvalue weighted by atomic mass is 10.1. The van der Waals surface area contributed by atoms with Gasteiger partial charge in [0.15, 0.2) is 0 Å². The molecule has 1 amide bonds. The van der Waals surface area contributed by atoms with Crippen molar-refractivity contribution in [3.63, 3.8) is 0 Å². The predicted octanol–water partition coefficient (Wildman–Crippen LogP) is 2.00. The molecule has 0 heterocycles. The first kappa shape index (κ1) is 14.7. The van der Waals surface area contributed by atoms with E-state index in [1.165, 1.54) is 0 Å². The van der Waals surface area contributed by atoms with Crippen LogP contribution in [0.15, 0.2) is 18.2 Å². The van der Waals surface area contributed by atoms with Gasteiger partial charge in [0, 0.05) is 31.4 Å². The average molecular weight is 277 g/mol. The molecule has 1 aliphatic rings. The van der Waals surface area contributed by atoms with Crippen LogP contribution in [0.3, 0.4) is 0 Å². The molecule has 1 aromatic carbocycles. The quantitative estimate of drug-likeness (QED) is 0.502. The van der Waals surface area contributed by atoms with E-state index in [4.69, 9.17) is 10.5 Å². The fourth-order valence-corrected chi connectivity index (χ4v) is 1.90. The molecule has 0 aromatic heterocycles. The molecule has 0 bridgehead atoms. The molecule has 0 spiro atoms. The number of nitrogen functional groups attached to an aromatic ring is 1. The van der Waals surface area contributed by atoms with Gasteiger partial charge in [-0.15, -0.1) is 0 Å². The van der Waals surface area contributed by atoms with Crippen molar-refractivity contribution in [2.45, 2.75) is 32.2 Å². The van der Waals surface area contributed by atoms with E-state index in [0.29, 0.717) is 17.3 Å². The minimum atomic E-state index is -0.0397. The molecule has 0 saturated heterocycles. The van der Waals surface area contributed by atoms with E-state index in [-0.39, 0.29) is 5.91 Å². The zero-order chi connectivity index (χ0) is 14.4. The van der Waals surface area contributed by atoms with Gasteiger partial charge in [0.05, 0.1) is 11.4 Å². The number of carbonyl (C=O) groups is 1. The second-order valence-electron chi connectivity index (χ2n) is 5.03. The van der Waals surface area contributed by atoms with Gasteiger partial charge in [-0.25, -0.2) is 0 Å². The van der Waals surface area contributed by atoms with Crippen LogP contribution < -0.4 is 16.4 Å². The van der Waals surface area contributed by atoms with Crippen LogP contribution in [-0.2, 0) is 4.74 Å². The number of rotatable bonds is 8. The summed E-state index contributed by atoms with van der Waals surface area (Å²) in [5, 5.41) is 6.21. The number of benzene rings is 1. The van der Waals surface area contributed by atoms with Gasteiger partial charge in [-0.1, -0.05) is 0 Å². The van der Waals surface area contributed by atoms with E-state index in [1.54, 1.807) is 12.1 Å².